The smallest absolute Gasteiger partial charge is 0.381 e. The van der Waals surface area contributed by atoms with E-state index in [9.17, 15) is 40.8 Å². The van der Waals surface area contributed by atoms with Crippen LogP contribution in [0.2, 0.25) is 0 Å². The molecule has 4 aliphatic carbocycles. The van der Waals surface area contributed by atoms with E-state index in [-0.39, 0.29) is 45.2 Å². The lowest BCUT2D eigenvalue weighted by molar-refractivity contribution is -0.132. The van der Waals surface area contributed by atoms with Crippen molar-refractivity contribution in [2.24, 2.45) is 33.5 Å². The molecule has 2 unspecified atom stereocenters. The van der Waals surface area contributed by atoms with E-state index in [1.807, 2.05) is 32.6 Å². The second kappa shape index (κ2) is 21.3. The highest BCUT2D eigenvalue weighted by molar-refractivity contribution is 7.90. The van der Waals surface area contributed by atoms with Crippen molar-refractivity contribution >= 4 is 49.8 Å². The van der Waals surface area contributed by atoms with Gasteiger partial charge in [-0.2, -0.15) is 0 Å². The Bertz CT molecular complexity index is 2060. The molecule has 2 heterocycles. The van der Waals surface area contributed by atoms with Crippen LogP contribution in [0.25, 0.3) is 0 Å². The zero-order valence-corrected chi connectivity index (χ0v) is 38.5. The maximum Gasteiger partial charge on any atom is 0.381 e. The fraction of sp³-hybridized carbons (Fsp3) is 0.667. The summed E-state index contributed by atoms with van der Waals surface area (Å²) in [5, 5.41) is 23.7. The number of amides is 2. The lowest BCUT2D eigenvalue weighted by Crippen LogP contribution is -2.43. The summed E-state index contributed by atoms with van der Waals surface area (Å²) in [6.45, 7) is 17.9. The molecule has 336 valence electrons. The number of fused-ring (bicyclic) bond motifs is 2. The van der Waals surface area contributed by atoms with Crippen molar-refractivity contribution in [2.75, 3.05) is 11.5 Å². The molecule has 3 N–H and O–H groups in total. The van der Waals surface area contributed by atoms with Crippen molar-refractivity contribution in [1.82, 2.24) is 8.61 Å². The zero-order chi connectivity index (χ0) is 46.6. The predicted molar refractivity (Wildman–Crippen MR) is 231 cm³/mol. The Kier molecular flexibility index (Phi) is 18.3. The monoisotopic (exact) mass is 886 g/mol. The van der Waals surface area contributed by atoms with E-state index in [2.05, 4.69) is 63.2 Å². The van der Waals surface area contributed by atoms with Crippen molar-refractivity contribution in [3.63, 3.8) is 0 Å². The van der Waals surface area contributed by atoms with E-state index in [0.717, 1.165) is 59.6 Å². The largest absolute Gasteiger partial charge is 0.478 e. The lowest BCUT2D eigenvalue weighted by atomic mass is 9.69. The van der Waals surface area contributed by atoms with Gasteiger partial charge in [-0.3, -0.25) is 9.59 Å². The first kappa shape index (κ1) is 52.4. The minimum Gasteiger partial charge on any atom is -0.478 e. The fourth-order valence-corrected chi connectivity index (χ4v) is 15.0. The number of rotatable bonds is 2. The van der Waals surface area contributed by atoms with Crippen molar-refractivity contribution in [2.45, 2.75) is 145 Å². The molecule has 61 heavy (non-hydrogen) atoms. The molecule has 2 amide bonds. The van der Waals surface area contributed by atoms with Gasteiger partial charge in [0.1, 0.15) is 0 Å². The number of nitrogens with zero attached hydrogens (tertiary/aromatic N) is 2. The Morgan fingerprint density at radius 1 is 0.590 bits per heavy atom. The van der Waals surface area contributed by atoms with E-state index in [4.69, 9.17) is 15.3 Å². The SMILES string of the molecule is CCC#CC(=O)N1[C@H]2CC3CC[C@@]2(CS1(=O)=O)C3(C)C.CCC#CC(=O)N1[C@H]2CC3CC[C@@]2(CS1(=O)=O)C3(C)C.CCC#CC(=O)O.CCC#CC(=O)O.CCC=CC(=O)O. The number of sulfonamides is 2. The molecule has 6 fully saturated rings. The minimum absolute atomic E-state index is 0.00203. The summed E-state index contributed by atoms with van der Waals surface area (Å²) in [6, 6.07) is -0.334. The summed E-state index contributed by atoms with van der Waals surface area (Å²) in [5.74, 6) is 16.3. The van der Waals surface area contributed by atoms with Gasteiger partial charge in [0, 0.05) is 54.4 Å². The van der Waals surface area contributed by atoms with Crippen molar-refractivity contribution in [3.05, 3.63) is 12.2 Å². The number of aliphatic carboxylic acids is 3. The van der Waals surface area contributed by atoms with Crippen LogP contribution in [-0.4, -0.2) is 94.1 Å². The Balaban J connectivity index is 0.000000291. The van der Waals surface area contributed by atoms with E-state index in [1.165, 1.54) is 0 Å². The Morgan fingerprint density at radius 3 is 1.15 bits per heavy atom. The van der Waals surface area contributed by atoms with Gasteiger partial charge >= 0.3 is 29.7 Å². The predicted octanol–water partition coefficient (Wildman–Crippen LogP) is 5.54. The second-order valence-electron chi connectivity index (χ2n) is 16.8. The molecule has 0 aromatic rings. The van der Waals surface area contributed by atoms with Crippen LogP contribution in [0.4, 0.5) is 0 Å². The van der Waals surface area contributed by atoms with Crippen molar-refractivity contribution < 1.29 is 56.1 Å². The van der Waals surface area contributed by atoms with Crippen LogP contribution in [0.5, 0.6) is 0 Å². The topological polar surface area (TPSA) is 221 Å². The molecular formula is C45H62N2O12S2. The third-order valence-corrected chi connectivity index (χ3v) is 17.0. The molecule has 2 spiro atoms. The number of carbonyl (C=O) groups excluding carboxylic acids is 2. The lowest BCUT2D eigenvalue weighted by Gasteiger charge is -2.36. The van der Waals surface area contributed by atoms with Crippen LogP contribution in [0, 0.1) is 80.9 Å². The minimum atomic E-state index is -3.51. The highest BCUT2D eigenvalue weighted by Gasteiger charge is 2.73. The molecule has 2 aliphatic heterocycles. The van der Waals surface area contributed by atoms with Crippen molar-refractivity contribution in [3.8, 4) is 47.4 Å². The van der Waals surface area contributed by atoms with Gasteiger partial charge in [-0.1, -0.05) is 92.1 Å². The molecule has 0 aromatic carbocycles. The van der Waals surface area contributed by atoms with Gasteiger partial charge in [-0.15, -0.1) is 0 Å². The fourth-order valence-electron chi connectivity index (χ4n) is 10.1. The summed E-state index contributed by atoms with van der Waals surface area (Å²) >= 11 is 0. The van der Waals surface area contributed by atoms with Crippen LogP contribution in [0.15, 0.2) is 12.2 Å². The first-order valence-corrected chi connectivity index (χ1v) is 24.0. The standard InChI is InChI=1S/2C15H21NO3S.C5H8O2.2C5H6O2/c2*1-4-5-6-13(17)16-12-9-11-7-8-15(12,14(11,2)3)10-20(16,18)19;3*1-2-3-4-5(6)7/h2*11-12H,4,7-10H2,1-3H3;3-4H,2H2,1H3,(H,6,7);2*2H2,1H3,(H,6,7)/t2*11?,12-,15-;;;/m00.../s1. The van der Waals surface area contributed by atoms with Crippen LogP contribution in [0.1, 0.15) is 133 Å². The second-order valence-corrected chi connectivity index (χ2v) is 20.5. The number of hydrogen-bond acceptors (Lipinski definition) is 9. The Morgan fingerprint density at radius 2 is 0.918 bits per heavy atom. The molecule has 14 nitrogen and oxygen atoms in total. The molecular weight excluding hydrogens is 825 g/mol. The normalized spacial score (nSPS) is 28.3. The number of carboxylic acid groups (broad SMARTS) is 3. The van der Waals surface area contributed by atoms with Gasteiger partial charge in [0.15, 0.2) is 0 Å². The molecule has 0 radical (unpaired) electrons. The van der Waals surface area contributed by atoms with Gasteiger partial charge < -0.3 is 15.3 Å². The Hall–Kier alpha value is -4.77. The molecule has 6 atom stereocenters. The number of allylic oxidation sites excluding steroid dienone is 1. The average molecular weight is 887 g/mol. The summed E-state index contributed by atoms with van der Waals surface area (Å²) < 4.78 is 52.2. The van der Waals surface area contributed by atoms with Gasteiger partial charge in [0.25, 0.3) is 0 Å². The van der Waals surface area contributed by atoms with Crippen molar-refractivity contribution in [1.29, 1.82) is 0 Å². The quantitative estimate of drug-likeness (QED) is 0.230. The Labute approximate surface area is 362 Å². The van der Waals surface area contributed by atoms with Gasteiger partial charge in [0.05, 0.1) is 23.6 Å². The summed E-state index contributed by atoms with van der Waals surface area (Å²) in [4.78, 5) is 53.3. The molecule has 16 heteroatoms. The molecule has 6 aliphatic rings. The number of hydrogen-bond donors (Lipinski definition) is 3. The highest BCUT2D eigenvalue weighted by atomic mass is 32.2. The van der Waals surface area contributed by atoms with Gasteiger partial charge in [-0.25, -0.2) is 39.8 Å². The molecule has 6 rings (SSSR count). The van der Waals surface area contributed by atoms with Gasteiger partial charge in [0.2, 0.25) is 20.0 Å². The number of carbonyl (C=O) groups is 5. The van der Waals surface area contributed by atoms with E-state index in [0.29, 0.717) is 37.5 Å². The summed E-state index contributed by atoms with van der Waals surface area (Å²) in [6.07, 6.45) is 11.5. The third-order valence-electron chi connectivity index (χ3n) is 13.2. The molecule has 0 aromatic heterocycles. The van der Waals surface area contributed by atoms with E-state index >= 15 is 0 Å². The highest BCUT2D eigenvalue weighted by Crippen LogP contribution is 2.71. The average Bonchev–Trinajstić information content (AvgIpc) is 3.87. The molecule has 2 saturated heterocycles. The summed E-state index contributed by atoms with van der Waals surface area (Å²) in [7, 11) is -7.02. The summed E-state index contributed by atoms with van der Waals surface area (Å²) in [5.41, 5.74) is -0.504. The first-order valence-electron chi connectivity index (χ1n) is 20.8. The van der Waals surface area contributed by atoms with Crippen LogP contribution < -0.4 is 0 Å². The van der Waals surface area contributed by atoms with E-state index in [1.54, 1.807) is 19.9 Å². The van der Waals surface area contributed by atoms with Crippen LogP contribution in [-0.2, 0) is 44.0 Å². The van der Waals surface area contributed by atoms with E-state index < -0.39 is 49.8 Å². The van der Waals surface area contributed by atoms with Gasteiger partial charge in [-0.05, 0) is 79.5 Å². The van der Waals surface area contributed by atoms with Crippen LogP contribution >= 0.6 is 0 Å². The zero-order valence-electron chi connectivity index (χ0n) is 36.9. The van der Waals surface area contributed by atoms with Crippen LogP contribution in [0.3, 0.4) is 0 Å². The first-order chi connectivity index (χ1) is 28.3. The third kappa shape index (κ3) is 11.4. The number of carboxylic acids is 3. The molecule has 4 bridgehead atoms. The maximum atomic E-state index is 12.5. The molecule has 4 saturated carbocycles. The maximum absolute atomic E-state index is 12.5.